The van der Waals surface area contributed by atoms with E-state index in [4.69, 9.17) is 26.8 Å². The summed E-state index contributed by atoms with van der Waals surface area (Å²) >= 11 is 6.18. The molecule has 4 heteroatoms. The van der Waals surface area contributed by atoms with Gasteiger partial charge in [-0.3, -0.25) is 0 Å². The van der Waals surface area contributed by atoms with E-state index in [-0.39, 0.29) is 18.2 Å². The Morgan fingerprint density at radius 3 is 2.82 bits per heavy atom. The standard InChI is InChI=1S/C13H18ClNO2/c1-9(15)13(17-10-6-7-16-8-10)11-4-2-3-5-12(11)14/h2-5,9-10,13H,6-8,15H2,1H3. The largest absolute Gasteiger partial charge is 0.379 e. The van der Waals surface area contributed by atoms with Gasteiger partial charge in [-0.2, -0.15) is 0 Å². The van der Waals surface area contributed by atoms with E-state index in [0.29, 0.717) is 11.6 Å². The molecule has 0 aromatic heterocycles. The summed E-state index contributed by atoms with van der Waals surface area (Å²) in [5, 5.41) is 0.703. The predicted molar refractivity (Wildman–Crippen MR) is 68.2 cm³/mol. The van der Waals surface area contributed by atoms with Crippen LogP contribution in [0.2, 0.25) is 5.02 Å². The lowest BCUT2D eigenvalue weighted by Crippen LogP contribution is -2.30. The van der Waals surface area contributed by atoms with Crippen LogP contribution in [-0.2, 0) is 9.47 Å². The second kappa shape index (κ2) is 5.83. The highest BCUT2D eigenvalue weighted by Gasteiger charge is 2.25. The Kier molecular flexibility index (Phi) is 4.40. The maximum Gasteiger partial charge on any atom is 0.0992 e. The van der Waals surface area contributed by atoms with Crippen molar-refractivity contribution in [1.29, 1.82) is 0 Å². The molecule has 0 bridgehead atoms. The molecule has 3 unspecified atom stereocenters. The van der Waals surface area contributed by atoms with Crippen molar-refractivity contribution in [2.75, 3.05) is 13.2 Å². The summed E-state index contributed by atoms with van der Waals surface area (Å²) in [6, 6.07) is 7.58. The monoisotopic (exact) mass is 255 g/mol. The quantitative estimate of drug-likeness (QED) is 0.899. The Morgan fingerprint density at radius 1 is 1.47 bits per heavy atom. The Hall–Kier alpha value is -0.610. The van der Waals surface area contributed by atoms with E-state index in [2.05, 4.69) is 0 Å². The molecule has 0 spiro atoms. The Labute approximate surface area is 107 Å². The number of ether oxygens (including phenoxy) is 2. The average molecular weight is 256 g/mol. The van der Waals surface area contributed by atoms with E-state index < -0.39 is 0 Å². The fraction of sp³-hybridized carbons (Fsp3) is 0.538. The normalized spacial score (nSPS) is 23.6. The van der Waals surface area contributed by atoms with Gasteiger partial charge in [0.2, 0.25) is 0 Å². The van der Waals surface area contributed by atoms with Crippen molar-refractivity contribution in [1.82, 2.24) is 0 Å². The summed E-state index contributed by atoms with van der Waals surface area (Å²) in [6.07, 6.45) is 0.880. The Bertz CT molecular complexity index is 364. The first-order chi connectivity index (χ1) is 8.18. The van der Waals surface area contributed by atoms with E-state index in [1.54, 1.807) is 0 Å². The van der Waals surface area contributed by atoms with Crippen molar-refractivity contribution in [3.05, 3.63) is 34.9 Å². The van der Waals surface area contributed by atoms with Crippen molar-refractivity contribution in [3.8, 4) is 0 Å². The van der Waals surface area contributed by atoms with Crippen LogP contribution >= 0.6 is 11.6 Å². The summed E-state index contributed by atoms with van der Waals surface area (Å²) in [5.74, 6) is 0. The zero-order valence-electron chi connectivity index (χ0n) is 9.93. The van der Waals surface area contributed by atoms with Crippen molar-refractivity contribution >= 4 is 11.6 Å². The SMILES string of the molecule is CC(N)C(OC1CCOC1)c1ccccc1Cl. The highest BCUT2D eigenvalue weighted by molar-refractivity contribution is 6.31. The van der Waals surface area contributed by atoms with Gasteiger partial charge in [-0.25, -0.2) is 0 Å². The molecule has 1 saturated heterocycles. The molecule has 2 N–H and O–H groups in total. The molecule has 0 radical (unpaired) electrons. The maximum atomic E-state index is 6.18. The highest BCUT2D eigenvalue weighted by Crippen LogP contribution is 2.29. The predicted octanol–water partition coefficient (Wildman–Crippen LogP) is 2.53. The average Bonchev–Trinajstić information content (AvgIpc) is 2.79. The third kappa shape index (κ3) is 3.19. The second-order valence-corrected chi connectivity index (χ2v) is 4.83. The van der Waals surface area contributed by atoms with Gasteiger partial charge in [0.15, 0.2) is 0 Å². The molecule has 94 valence electrons. The first kappa shape index (κ1) is 12.8. The summed E-state index contributed by atoms with van der Waals surface area (Å²) in [4.78, 5) is 0. The Balaban J connectivity index is 2.14. The van der Waals surface area contributed by atoms with Gasteiger partial charge in [0, 0.05) is 23.2 Å². The van der Waals surface area contributed by atoms with Gasteiger partial charge in [-0.05, 0) is 19.4 Å². The first-order valence-electron chi connectivity index (χ1n) is 5.91. The van der Waals surface area contributed by atoms with Crippen molar-refractivity contribution in [2.45, 2.75) is 31.6 Å². The van der Waals surface area contributed by atoms with E-state index in [1.807, 2.05) is 31.2 Å². The lowest BCUT2D eigenvalue weighted by atomic mass is 10.0. The number of hydrogen-bond acceptors (Lipinski definition) is 3. The summed E-state index contributed by atoms with van der Waals surface area (Å²) in [7, 11) is 0. The number of nitrogens with two attached hydrogens (primary N) is 1. The molecule has 1 heterocycles. The van der Waals surface area contributed by atoms with Gasteiger partial charge in [0.25, 0.3) is 0 Å². The van der Waals surface area contributed by atoms with Crippen LogP contribution in [0.25, 0.3) is 0 Å². The van der Waals surface area contributed by atoms with E-state index in [9.17, 15) is 0 Å². The molecule has 17 heavy (non-hydrogen) atoms. The van der Waals surface area contributed by atoms with E-state index >= 15 is 0 Å². The second-order valence-electron chi connectivity index (χ2n) is 4.42. The molecule has 1 aliphatic rings. The van der Waals surface area contributed by atoms with Gasteiger partial charge < -0.3 is 15.2 Å². The number of benzene rings is 1. The Morgan fingerprint density at radius 2 is 2.24 bits per heavy atom. The third-order valence-corrected chi connectivity index (χ3v) is 3.26. The molecule has 0 amide bonds. The molecule has 2 rings (SSSR count). The minimum Gasteiger partial charge on any atom is -0.379 e. The van der Waals surface area contributed by atoms with Crippen LogP contribution in [0, 0.1) is 0 Å². The zero-order valence-corrected chi connectivity index (χ0v) is 10.7. The van der Waals surface area contributed by atoms with Gasteiger partial charge in [0.1, 0.15) is 0 Å². The van der Waals surface area contributed by atoms with Crippen LogP contribution in [-0.4, -0.2) is 25.4 Å². The van der Waals surface area contributed by atoms with Crippen LogP contribution in [0.1, 0.15) is 25.0 Å². The molecule has 0 aliphatic carbocycles. The minimum absolute atomic E-state index is 0.101. The smallest absolute Gasteiger partial charge is 0.0992 e. The molecular weight excluding hydrogens is 238 g/mol. The molecule has 1 aromatic rings. The van der Waals surface area contributed by atoms with E-state index in [0.717, 1.165) is 18.6 Å². The molecule has 1 aliphatic heterocycles. The number of halogens is 1. The van der Waals surface area contributed by atoms with Crippen LogP contribution in [0.3, 0.4) is 0 Å². The first-order valence-corrected chi connectivity index (χ1v) is 6.29. The lowest BCUT2D eigenvalue weighted by Gasteiger charge is -2.25. The summed E-state index contributed by atoms with van der Waals surface area (Å²) < 4.78 is 11.3. The van der Waals surface area contributed by atoms with Crippen LogP contribution < -0.4 is 5.73 Å². The third-order valence-electron chi connectivity index (χ3n) is 2.92. The van der Waals surface area contributed by atoms with Crippen LogP contribution in [0.5, 0.6) is 0 Å². The van der Waals surface area contributed by atoms with Crippen LogP contribution in [0.15, 0.2) is 24.3 Å². The van der Waals surface area contributed by atoms with Crippen molar-refractivity contribution in [2.24, 2.45) is 5.73 Å². The molecule has 0 saturated carbocycles. The maximum absolute atomic E-state index is 6.18. The number of rotatable bonds is 4. The molecule has 3 atom stereocenters. The minimum atomic E-state index is -0.171. The molecular formula is C13H18ClNO2. The van der Waals surface area contributed by atoms with Crippen molar-refractivity contribution < 1.29 is 9.47 Å². The number of hydrogen-bond donors (Lipinski definition) is 1. The van der Waals surface area contributed by atoms with Gasteiger partial charge in [-0.15, -0.1) is 0 Å². The van der Waals surface area contributed by atoms with Crippen molar-refractivity contribution in [3.63, 3.8) is 0 Å². The van der Waals surface area contributed by atoms with E-state index in [1.165, 1.54) is 0 Å². The fourth-order valence-electron chi connectivity index (χ4n) is 2.01. The topological polar surface area (TPSA) is 44.5 Å². The van der Waals surface area contributed by atoms with Gasteiger partial charge in [-0.1, -0.05) is 29.8 Å². The van der Waals surface area contributed by atoms with Gasteiger partial charge in [0.05, 0.1) is 18.8 Å². The molecule has 1 fully saturated rings. The molecule has 3 nitrogen and oxygen atoms in total. The molecule has 1 aromatic carbocycles. The lowest BCUT2D eigenvalue weighted by molar-refractivity contribution is -0.0268. The fourth-order valence-corrected chi connectivity index (χ4v) is 2.26. The van der Waals surface area contributed by atoms with Gasteiger partial charge >= 0.3 is 0 Å². The van der Waals surface area contributed by atoms with Crippen LogP contribution in [0.4, 0.5) is 0 Å². The summed E-state index contributed by atoms with van der Waals surface area (Å²) in [6.45, 7) is 3.34. The summed E-state index contributed by atoms with van der Waals surface area (Å²) in [5.41, 5.74) is 6.95. The highest BCUT2D eigenvalue weighted by atomic mass is 35.5. The zero-order chi connectivity index (χ0) is 12.3.